The molecule has 2 aromatic carbocycles. The third kappa shape index (κ3) is 18.4. The first-order chi connectivity index (χ1) is 22.2. The molecule has 3 N–H and O–H groups in total. The van der Waals surface area contributed by atoms with Crippen LogP contribution in [0.4, 0.5) is 10.1 Å². The van der Waals surface area contributed by atoms with Crippen LogP contribution in [0, 0.1) is 5.82 Å². The number of hydrogen-bond donors (Lipinski definition) is 3. The summed E-state index contributed by atoms with van der Waals surface area (Å²) in [7, 11) is 1.78. The minimum atomic E-state index is -0.226. The van der Waals surface area contributed by atoms with Gasteiger partial charge in [0.1, 0.15) is 5.82 Å². The van der Waals surface area contributed by atoms with Gasteiger partial charge in [0.25, 0.3) is 0 Å². The first kappa shape index (κ1) is 39.0. The third-order valence-electron chi connectivity index (χ3n) is 6.14. The standard InChI is InChI=1S/C29H33FN6.C4H9N.2C2H6/c30-26-11-13-27(14-12-26)35-19-24-7-9-25(10-8-24)22-36(23-32-21-29-6-2-4-16-34-29)18-17-31-20-28-5-1-3-15-33-28;1-3-4-5-2;2*1-2/h1-16,31-32,35H,17-23H2;4H,3H2,1-2H3;2*1-2H3. The molecule has 4 rings (SSSR count). The minimum absolute atomic E-state index is 0.226. The summed E-state index contributed by atoms with van der Waals surface area (Å²) in [4.78, 5) is 14.9. The summed E-state index contributed by atoms with van der Waals surface area (Å²) < 4.78 is 13.1. The molecular weight excluding hydrogens is 561 g/mol. The van der Waals surface area contributed by atoms with Crippen LogP contribution < -0.4 is 16.0 Å². The lowest BCUT2D eigenvalue weighted by atomic mass is 10.1. The Hall–Kier alpha value is -3.98. The van der Waals surface area contributed by atoms with Crippen molar-refractivity contribution in [2.75, 3.05) is 32.1 Å². The molecule has 0 saturated heterocycles. The zero-order valence-corrected chi connectivity index (χ0v) is 28.1. The molecule has 0 aliphatic heterocycles. The number of aromatic nitrogens is 2. The van der Waals surface area contributed by atoms with Crippen molar-refractivity contribution in [2.24, 2.45) is 4.99 Å². The number of pyridine rings is 2. The Balaban J connectivity index is 0.00000101. The van der Waals surface area contributed by atoms with Crippen LogP contribution >= 0.6 is 0 Å². The maximum atomic E-state index is 13.1. The molecule has 0 spiro atoms. The van der Waals surface area contributed by atoms with Crippen molar-refractivity contribution in [1.29, 1.82) is 0 Å². The molecule has 0 amide bonds. The normalized spacial score (nSPS) is 10.2. The van der Waals surface area contributed by atoms with Crippen molar-refractivity contribution in [3.05, 3.63) is 126 Å². The molecule has 2 aromatic heterocycles. The Bertz CT molecular complexity index is 1240. The summed E-state index contributed by atoms with van der Waals surface area (Å²) in [5.74, 6) is -0.226. The lowest BCUT2D eigenvalue weighted by Gasteiger charge is -2.23. The highest BCUT2D eigenvalue weighted by atomic mass is 19.1. The third-order valence-corrected chi connectivity index (χ3v) is 6.14. The molecule has 4 aromatic rings. The van der Waals surface area contributed by atoms with Gasteiger partial charge in [-0.25, -0.2) is 4.39 Å². The number of nitrogens with one attached hydrogen (secondary N) is 3. The monoisotopic (exact) mass is 615 g/mol. The maximum Gasteiger partial charge on any atom is 0.123 e. The Labute approximate surface area is 271 Å². The topological polar surface area (TPSA) is 77.5 Å². The van der Waals surface area contributed by atoms with Crippen molar-refractivity contribution in [3.63, 3.8) is 0 Å². The van der Waals surface area contributed by atoms with Gasteiger partial charge in [0.2, 0.25) is 0 Å². The molecule has 0 saturated carbocycles. The molecule has 244 valence electrons. The number of benzene rings is 2. The maximum absolute atomic E-state index is 13.1. The van der Waals surface area contributed by atoms with E-state index in [0.717, 1.165) is 62.9 Å². The van der Waals surface area contributed by atoms with Gasteiger partial charge in [-0.15, -0.1) is 0 Å². The Morgan fingerprint density at radius 3 is 1.82 bits per heavy atom. The largest absolute Gasteiger partial charge is 0.381 e. The average molecular weight is 616 g/mol. The molecule has 0 bridgehead atoms. The summed E-state index contributed by atoms with van der Waals surface area (Å²) in [6, 6.07) is 27.0. The van der Waals surface area contributed by atoms with E-state index in [1.165, 1.54) is 23.3 Å². The summed E-state index contributed by atoms with van der Waals surface area (Å²) in [5, 5.41) is 10.3. The van der Waals surface area contributed by atoms with Gasteiger partial charge in [-0.2, -0.15) is 0 Å². The zero-order chi connectivity index (χ0) is 33.0. The van der Waals surface area contributed by atoms with Gasteiger partial charge in [0, 0.05) is 71.1 Å². The SMILES string of the molecule is CC.CC.CCC=NC.Fc1ccc(NCc2ccc(CN(CCNCc3ccccn3)CNCc3ccccn3)cc2)cc1. The number of aliphatic imine (C=N–C) groups is 1. The van der Waals surface area contributed by atoms with Crippen molar-refractivity contribution in [1.82, 2.24) is 25.5 Å². The van der Waals surface area contributed by atoms with Crippen molar-refractivity contribution >= 4 is 11.9 Å². The average Bonchev–Trinajstić information content (AvgIpc) is 3.10. The van der Waals surface area contributed by atoms with Gasteiger partial charge in [0.15, 0.2) is 0 Å². The van der Waals surface area contributed by atoms with Crippen LogP contribution in [-0.4, -0.2) is 47.9 Å². The highest BCUT2D eigenvalue weighted by Gasteiger charge is 2.07. The Kier molecular flexibility index (Phi) is 22.9. The molecule has 0 atom stereocenters. The molecule has 8 heteroatoms. The molecule has 0 radical (unpaired) electrons. The van der Waals surface area contributed by atoms with Crippen LogP contribution in [0.15, 0.2) is 102 Å². The van der Waals surface area contributed by atoms with Gasteiger partial charge in [-0.1, -0.05) is 71.0 Å². The van der Waals surface area contributed by atoms with Crippen LogP contribution in [0.25, 0.3) is 0 Å². The fourth-order valence-corrected chi connectivity index (χ4v) is 3.99. The number of halogens is 1. The number of rotatable bonds is 15. The molecular formula is C37H54FN7. The lowest BCUT2D eigenvalue weighted by Crippen LogP contribution is -2.38. The summed E-state index contributed by atoms with van der Waals surface area (Å²) in [6.45, 7) is 15.6. The Morgan fingerprint density at radius 1 is 0.733 bits per heavy atom. The molecule has 0 unspecified atom stereocenters. The second-order valence-corrected chi connectivity index (χ2v) is 9.48. The van der Waals surface area contributed by atoms with E-state index >= 15 is 0 Å². The molecule has 0 aliphatic carbocycles. The van der Waals surface area contributed by atoms with Gasteiger partial charge in [-0.3, -0.25) is 20.2 Å². The smallest absolute Gasteiger partial charge is 0.123 e. The van der Waals surface area contributed by atoms with Gasteiger partial charge < -0.3 is 15.6 Å². The number of nitrogens with zero attached hydrogens (tertiary/aromatic N) is 4. The van der Waals surface area contributed by atoms with Gasteiger partial charge in [-0.05, 0) is 72.3 Å². The van der Waals surface area contributed by atoms with E-state index in [-0.39, 0.29) is 5.82 Å². The Morgan fingerprint density at radius 2 is 1.31 bits per heavy atom. The zero-order valence-electron chi connectivity index (χ0n) is 28.1. The van der Waals surface area contributed by atoms with Gasteiger partial charge in [0.05, 0.1) is 11.4 Å². The van der Waals surface area contributed by atoms with E-state index in [0.29, 0.717) is 6.54 Å². The molecule has 2 heterocycles. The van der Waals surface area contributed by atoms with Crippen molar-refractivity contribution in [2.45, 2.75) is 67.2 Å². The highest BCUT2D eigenvalue weighted by Crippen LogP contribution is 2.12. The highest BCUT2D eigenvalue weighted by molar-refractivity contribution is 5.56. The second kappa shape index (κ2) is 26.4. The lowest BCUT2D eigenvalue weighted by molar-refractivity contribution is 0.242. The van der Waals surface area contributed by atoms with Crippen molar-refractivity contribution < 1.29 is 4.39 Å². The fraction of sp³-hybridized carbons (Fsp3) is 0.378. The van der Waals surface area contributed by atoms with Crippen LogP contribution in [0.5, 0.6) is 0 Å². The van der Waals surface area contributed by atoms with E-state index < -0.39 is 0 Å². The number of hydrogen-bond acceptors (Lipinski definition) is 7. The van der Waals surface area contributed by atoms with E-state index in [4.69, 9.17) is 0 Å². The molecule has 0 fully saturated rings. The van der Waals surface area contributed by atoms with E-state index in [2.05, 4.69) is 67.0 Å². The van der Waals surface area contributed by atoms with Crippen LogP contribution in [0.1, 0.15) is 63.6 Å². The predicted octanol–water partition coefficient (Wildman–Crippen LogP) is 7.72. The molecule has 7 nitrogen and oxygen atoms in total. The fourth-order valence-electron chi connectivity index (χ4n) is 3.99. The molecule has 45 heavy (non-hydrogen) atoms. The van der Waals surface area contributed by atoms with Crippen LogP contribution in [0.2, 0.25) is 0 Å². The quantitative estimate of drug-likeness (QED) is 0.0722. The van der Waals surface area contributed by atoms with E-state index in [9.17, 15) is 4.39 Å². The predicted molar refractivity (Wildman–Crippen MR) is 190 cm³/mol. The van der Waals surface area contributed by atoms with E-state index in [1.54, 1.807) is 19.2 Å². The van der Waals surface area contributed by atoms with Crippen LogP contribution in [0.3, 0.4) is 0 Å². The summed E-state index contributed by atoms with van der Waals surface area (Å²) in [6.07, 6.45) is 6.57. The first-order valence-corrected chi connectivity index (χ1v) is 16.1. The summed E-state index contributed by atoms with van der Waals surface area (Å²) >= 11 is 0. The van der Waals surface area contributed by atoms with Crippen LogP contribution in [-0.2, 0) is 26.2 Å². The second-order valence-electron chi connectivity index (χ2n) is 9.48. The minimum Gasteiger partial charge on any atom is -0.381 e. The summed E-state index contributed by atoms with van der Waals surface area (Å²) in [5.41, 5.74) is 5.42. The molecule has 0 aliphatic rings. The number of anilines is 1. The van der Waals surface area contributed by atoms with Crippen molar-refractivity contribution in [3.8, 4) is 0 Å². The first-order valence-electron chi connectivity index (χ1n) is 16.1. The van der Waals surface area contributed by atoms with E-state index in [1.807, 2.05) is 82.7 Å². The van der Waals surface area contributed by atoms with Gasteiger partial charge >= 0.3 is 0 Å².